The summed E-state index contributed by atoms with van der Waals surface area (Å²) in [6.07, 6.45) is 4.56. The van der Waals surface area contributed by atoms with Gasteiger partial charge in [-0.1, -0.05) is 26.8 Å². The second-order valence-electron chi connectivity index (χ2n) is 8.51. The van der Waals surface area contributed by atoms with Crippen molar-refractivity contribution >= 4 is 0 Å². The number of nitrogens with zero attached hydrogens (tertiary/aromatic N) is 2. The van der Waals surface area contributed by atoms with E-state index in [2.05, 4.69) is 48.0 Å². The monoisotopic (exact) mass is 371 g/mol. The van der Waals surface area contributed by atoms with Crippen LogP contribution in [0.3, 0.4) is 0 Å². The third-order valence-electron chi connectivity index (χ3n) is 5.19. The predicted molar refractivity (Wildman–Crippen MR) is 103 cm³/mol. The third-order valence-corrected chi connectivity index (χ3v) is 5.19. The average molecular weight is 371 g/mol. The second-order valence-corrected chi connectivity index (χ2v) is 8.51. The molecule has 2 aliphatic heterocycles. The molecule has 3 heterocycles. The minimum Gasteiger partial charge on any atom is -0.454 e. The lowest BCUT2D eigenvalue weighted by Gasteiger charge is -2.27. The first kappa shape index (κ1) is 18.3. The normalized spacial score (nSPS) is 19.2. The SMILES string of the molecule is CC(C)(C)c1[nH]ncc1CN(Cc1ccc2c(c1)OCO2)CC1CCCO1. The van der Waals surface area contributed by atoms with Gasteiger partial charge in [0.1, 0.15) is 0 Å². The highest BCUT2D eigenvalue weighted by atomic mass is 16.7. The van der Waals surface area contributed by atoms with Crippen LogP contribution in [0, 0.1) is 0 Å². The van der Waals surface area contributed by atoms with Crippen LogP contribution in [0.1, 0.15) is 50.4 Å². The third kappa shape index (κ3) is 4.28. The van der Waals surface area contributed by atoms with E-state index in [-0.39, 0.29) is 5.41 Å². The summed E-state index contributed by atoms with van der Waals surface area (Å²) in [4.78, 5) is 2.45. The molecule has 1 atom stereocenters. The molecule has 1 aromatic carbocycles. The Bertz CT molecular complexity index is 775. The lowest BCUT2D eigenvalue weighted by Crippen LogP contribution is -2.32. The quantitative estimate of drug-likeness (QED) is 0.840. The van der Waals surface area contributed by atoms with E-state index < -0.39 is 0 Å². The van der Waals surface area contributed by atoms with Gasteiger partial charge in [-0.25, -0.2) is 0 Å². The van der Waals surface area contributed by atoms with Crippen LogP contribution in [0.4, 0.5) is 0 Å². The van der Waals surface area contributed by atoms with Gasteiger partial charge in [0.2, 0.25) is 6.79 Å². The minimum atomic E-state index is 0.0418. The summed E-state index contributed by atoms with van der Waals surface area (Å²) < 4.78 is 16.9. The molecule has 1 saturated heterocycles. The van der Waals surface area contributed by atoms with E-state index in [1.54, 1.807) is 0 Å². The van der Waals surface area contributed by atoms with Crippen molar-refractivity contribution in [3.8, 4) is 11.5 Å². The zero-order chi connectivity index (χ0) is 18.9. The molecule has 6 nitrogen and oxygen atoms in total. The van der Waals surface area contributed by atoms with Gasteiger partial charge in [-0.15, -0.1) is 0 Å². The predicted octanol–water partition coefficient (Wildman–Crippen LogP) is 3.62. The highest BCUT2D eigenvalue weighted by Crippen LogP contribution is 2.33. The Balaban J connectivity index is 1.53. The van der Waals surface area contributed by atoms with E-state index in [0.717, 1.165) is 50.6 Å². The van der Waals surface area contributed by atoms with Crippen LogP contribution < -0.4 is 9.47 Å². The molecule has 146 valence electrons. The summed E-state index contributed by atoms with van der Waals surface area (Å²) in [7, 11) is 0. The summed E-state index contributed by atoms with van der Waals surface area (Å²) in [6.45, 7) is 10.4. The number of hydrogen-bond donors (Lipinski definition) is 1. The molecule has 2 aliphatic rings. The number of fused-ring (bicyclic) bond motifs is 1. The van der Waals surface area contributed by atoms with E-state index in [1.807, 2.05) is 12.3 Å². The van der Waals surface area contributed by atoms with Crippen molar-refractivity contribution < 1.29 is 14.2 Å². The number of nitrogens with one attached hydrogen (secondary N) is 1. The topological polar surface area (TPSA) is 59.6 Å². The van der Waals surface area contributed by atoms with Crippen LogP contribution >= 0.6 is 0 Å². The lowest BCUT2D eigenvalue weighted by atomic mass is 9.89. The number of H-pyrrole nitrogens is 1. The maximum atomic E-state index is 5.90. The van der Waals surface area contributed by atoms with Crippen molar-refractivity contribution in [1.29, 1.82) is 0 Å². The molecule has 4 rings (SSSR count). The van der Waals surface area contributed by atoms with E-state index in [9.17, 15) is 0 Å². The molecular weight excluding hydrogens is 342 g/mol. The van der Waals surface area contributed by atoms with Crippen molar-refractivity contribution in [2.24, 2.45) is 0 Å². The van der Waals surface area contributed by atoms with Gasteiger partial charge in [0.25, 0.3) is 0 Å². The second kappa shape index (κ2) is 7.52. The fraction of sp³-hybridized carbons (Fsp3) is 0.571. The van der Waals surface area contributed by atoms with Crippen molar-refractivity contribution in [3.63, 3.8) is 0 Å². The van der Waals surface area contributed by atoms with Crippen LogP contribution in [-0.4, -0.2) is 41.1 Å². The molecule has 6 heteroatoms. The standard InChI is InChI=1S/C21H29N3O3/c1-21(2,3)20-16(10-22-23-20)12-24(13-17-5-4-8-25-17)11-15-6-7-18-19(9-15)27-14-26-18/h6-7,9-10,17H,4-5,8,11-14H2,1-3H3,(H,22,23). The van der Waals surface area contributed by atoms with Gasteiger partial charge in [0.05, 0.1) is 12.3 Å². The smallest absolute Gasteiger partial charge is 0.231 e. The van der Waals surface area contributed by atoms with Crippen molar-refractivity contribution in [3.05, 3.63) is 41.2 Å². The summed E-state index contributed by atoms with van der Waals surface area (Å²) in [5, 5.41) is 7.51. The summed E-state index contributed by atoms with van der Waals surface area (Å²) >= 11 is 0. The minimum absolute atomic E-state index is 0.0418. The van der Waals surface area contributed by atoms with Crippen LogP contribution in [0.5, 0.6) is 11.5 Å². The van der Waals surface area contributed by atoms with Crippen LogP contribution in [0.2, 0.25) is 0 Å². The Morgan fingerprint density at radius 1 is 1.19 bits per heavy atom. The Morgan fingerprint density at radius 2 is 2.04 bits per heavy atom. The molecule has 1 aromatic heterocycles. The Kier molecular flexibility index (Phi) is 5.10. The first-order valence-corrected chi connectivity index (χ1v) is 9.74. The molecule has 0 aliphatic carbocycles. The van der Waals surface area contributed by atoms with E-state index in [4.69, 9.17) is 14.2 Å². The van der Waals surface area contributed by atoms with Gasteiger partial charge in [-0.2, -0.15) is 5.10 Å². The molecule has 2 aromatic rings. The lowest BCUT2D eigenvalue weighted by molar-refractivity contribution is 0.0677. The van der Waals surface area contributed by atoms with Crippen LogP contribution in [0.15, 0.2) is 24.4 Å². The summed E-state index contributed by atoms with van der Waals surface area (Å²) in [5.74, 6) is 1.66. The molecule has 1 unspecified atom stereocenters. The van der Waals surface area contributed by atoms with Crippen molar-refractivity contribution in [2.75, 3.05) is 19.9 Å². The van der Waals surface area contributed by atoms with Crippen LogP contribution in [0.25, 0.3) is 0 Å². The fourth-order valence-corrected chi connectivity index (χ4v) is 3.88. The molecular formula is C21H29N3O3. The Morgan fingerprint density at radius 3 is 2.81 bits per heavy atom. The van der Waals surface area contributed by atoms with E-state index >= 15 is 0 Å². The molecule has 1 N–H and O–H groups in total. The zero-order valence-corrected chi connectivity index (χ0v) is 16.5. The number of ether oxygens (including phenoxy) is 3. The number of aromatic amines is 1. The van der Waals surface area contributed by atoms with Gasteiger partial charge in [-0.3, -0.25) is 10.00 Å². The Labute approximate surface area is 160 Å². The van der Waals surface area contributed by atoms with Crippen LogP contribution in [-0.2, 0) is 23.2 Å². The molecule has 27 heavy (non-hydrogen) atoms. The largest absolute Gasteiger partial charge is 0.454 e. The highest BCUT2D eigenvalue weighted by Gasteiger charge is 2.24. The maximum Gasteiger partial charge on any atom is 0.231 e. The van der Waals surface area contributed by atoms with Crippen molar-refractivity contribution in [1.82, 2.24) is 15.1 Å². The summed E-state index contributed by atoms with van der Waals surface area (Å²) in [5.41, 5.74) is 3.71. The van der Waals surface area contributed by atoms with Gasteiger partial charge in [0, 0.05) is 42.9 Å². The fourth-order valence-electron chi connectivity index (χ4n) is 3.88. The van der Waals surface area contributed by atoms with Gasteiger partial charge >= 0.3 is 0 Å². The first-order chi connectivity index (χ1) is 13.0. The molecule has 0 radical (unpaired) electrons. The molecule has 0 amide bonds. The van der Waals surface area contributed by atoms with E-state index in [0.29, 0.717) is 12.9 Å². The van der Waals surface area contributed by atoms with Gasteiger partial charge in [-0.05, 0) is 30.5 Å². The zero-order valence-electron chi connectivity index (χ0n) is 16.5. The number of aromatic nitrogens is 2. The van der Waals surface area contributed by atoms with E-state index in [1.165, 1.54) is 16.8 Å². The molecule has 0 saturated carbocycles. The molecule has 1 fully saturated rings. The molecule has 0 spiro atoms. The first-order valence-electron chi connectivity index (χ1n) is 9.74. The van der Waals surface area contributed by atoms with Crippen molar-refractivity contribution in [2.45, 2.75) is 58.2 Å². The highest BCUT2D eigenvalue weighted by molar-refractivity contribution is 5.44. The maximum absolute atomic E-state index is 5.90. The number of hydrogen-bond acceptors (Lipinski definition) is 5. The summed E-state index contributed by atoms with van der Waals surface area (Å²) in [6, 6.07) is 6.21. The van der Waals surface area contributed by atoms with Gasteiger partial charge < -0.3 is 14.2 Å². The van der Waals surface area contributed by atoms with Gasteiger partial charge in [0.15, 0.2) is 11.5 Å². The average Bonchev–Trinajstić information content (AvgIpc) is 3.35. The number of rotatable bonds is 6. The number of benzene rings is 1. The molecule has 0 bridgehead atoms. The Hall–Kier alpha value is -2.05.